The number of hydroxylamine groups is 2. The van der Waals surface area contributed by atoms with Crippen molar-refractivity contribution in [2.75, 3.05) is 19.8 Å². The lowest BCUT2D eigenvalue weighted by molar-refractivity contribution is -0.170. The SMILES string of the molecule is O=C(COc1ccc(F)cc1Br)N1CCCO1. The molecule has 0 spiro atoms. The maximum absolute atomic E-state index is 12.8. The highest BCUT2D eigenvalue weighted by atomic mass is 79.9. The minimum absolute atomic E-state index is 0.121. The number of rotatable bonds is 3. The third kappa shape index (κ3) is 3.17. The summed E-state index contributed by atoms with van der Waals surface area (Å²) in [4.78, 5) is 16.7. The first-order chi connectivity index (χ1) is 8.16. The van der Waals surface area contributed by atoms with Crippen LogP contribution in [0.2, 0.25) is 0 Å². The fourth-order valence-electron chi connectivity index (χ4n) is 1.45. The first kappa shape index (κ1) is 12.3. The molecule has 0 saturated carbocycles. The lowest BCUT2D eigenvalue weighted by atomic mass is 10.3. The third-order valence-corrected chi connectivity index (χ3v) is 2.90. The van der Waals surface area contributed by atoms with Gasteiger partial charge in [-0.3, -0.25) is 9.63 Å². The number of halogens is 2. The van der Waals surface area contributed by atoms with Gasteiger partial charge < -0.3 is 4.74 Å². The molecule has 92 valence electrons. The van der Waals surface area contributed by atoms with Crippen molar-refractivity contribution in [3.05, 3.63) is 28.5 Å². The first-order valence-electron chi connectivity index (χ1n) is 5.18. The Hall–Kier alpha value is -1.14. The van der Waals surface area contributed by atoms with Crippen LogP contribution in [0.15, 0.2) is 22.7 Å². The van der Waals surface area contributed by atoms with Gasteiger partial charge in [-0.2, -0.15) is 0 Å². The van der Waals surface area contributed by atoms with Crippen LogP contribution < -0.4 is 4.74 Å². The minimum atomic E-state index is -0.363. The average Bonchev–Trinajstić information content (AvgIpc) is 2.81. The zero-order chi connectivity index (χ0) is 12.3. The quantitative estimate of drug-likeness (QED) is 0.859. The van der Waals surface area contributed by atoms with Crippen LogP contribution >= 0.6 is 15.9 Å². The van der Waals surface area contributed by atoms with Gasteiger partial charge in [-0.15, -0.1) is 0 Å². The summed E-state index contributed by atoms with van der Waals surface area (Å²) in [5.41, 5.74) is 0. The van der Waals surface area contributed by atoms with Crippen molar-refractivity contribution in [3.63, 3.8) is 0 Å². The highest BCUT2D eigenvalue weighted by Crippen LogP contribution is 2.25. The van der Waals surface area contributed by atoms with Gasteiger partial charge in [-0.25, -0.2) is 9.45 Å². The van der Waals surface area contributed by atoms with Crippen LogP contribution in [-0.2, 0) is 9.63 Å². The van der Waals surface area contributed by atoms with Crippen molar-refractivity contribution in [2.24, 2.45) is 0 Å². The Morgan fingerprint density at radius 1 is 1.59 bits per heavy atom. The van der Waals surface area contributed by atoms with Gasteiger partial charge in [0.1, 0.15) is 11.6 Å². The van der Waals surface area contributed by atoms with Gasteiger partial charge in [-0.05, 0) is 40.5 Å². The molecule has 0 unspecified atom stereocenters. The maximum Gasteiger partial charge on any atom is 0.283 e. The van der Waals surface area contributed by atoms with Gasteiger partial charge in [0.05, 0.1) is 17.6 Å². The summed E-state index contributed by atoms with van der Waals surface area (Å²) >= 11 is 3.16. The van der Waals surface area contributed by atoms with Crippen LogP contribution in [0.4, 0.5) is 4.39 Å². The van der Waals surface area contributed by atoms with Crippen molar-refractivity contribution < 1.29 is 18.8 Å². The molecule has 1 heterocycles. The zero-order valence-corrected chi connectivity index (χ0v) is 10.6. The molecule has 1 saturated heterocycles. The summed E-state index contributed by atoms with van der Waals surface area (Å²) in [5, 5.41) is 1.29. The Bertz CT molecular complexity index is 421. The summed E-state index contributed by atoms with van der Waals surface area (Å²) in [6, 6.07) is 4.03. The second kappa shape index (κ2) is 5.46. The molecule has 0 radical (unpaired) electrons. The molecule has 0 N–H and O–H groups in total. The van der Waals surface area contributed by atoms with E-state index in [1.807, 2.05) is 0 Å². The summed E-state index contributed by atoms with van der Waals surface area (Å²) < 4.78 is 18.6. The van der Waals surface area contributed by atoms with Crippen molar-refractivity contribution in [1.82, 2.24) is 5.06 Å². The van der Waals surface area contributed by atoms with Crippen LogP contribution in [0.1, 0.15) is 6.42 Å². The summed E-state index contributed by atoms with van der Waals surface area (Å²) in [7, 11) is 0. The van der Waals surface area contributed by atoms with Crippen molar-refractivity contribution in [2.45, 2.75) is 6.42 Å². The number of amides is 1. The van der Waals surface area contributed by atoms with Crippen molar-refractivity contribution in [1.29, 1.82) is 0 Å². The van der Waals surface area contributed by atoms with E-state index in [0.717, 1.165) is 6.42 Å². The summed E-state index contributed by atoms with van der Waals surface area (Å²) in [6.45, 7) is 1.03. The normalized spacial score (nSPS) is 15.1. The van der Waals surface area contributed by atoms with Crippen LogP contribution in [0.3, 0.4) is 0 Å². The fourth-order valence-corrected chi connectivity index (χ4v) is 1.91. The maximum atomic E-state index is 12.8. The van der Waals surface area contributed by atoms with E-state index in [1.54, 1.807) is 0 Å². The van der Waals surface area contributed by atoms with Crippen LogP contribution in [0, 0.1) is 5.82 Å². The van der Waals surface area contributed by atoms with Gasteiger partial charge in [0.15, 0.2) is 6.61 Å². The number of carbonyl (C=O) groups is 1. The van der Waals surface area contributed by atoms with E-state index < -0.39 is 0 Å². The molecule has 2 rings (SSSR count). The Morgan fingerprint density at radius 3 is 3.06 bits per heavy atom. The molecule has 1 aliphatic heterocycles. The molecule has 0 aromatic heterocycles. The molecule has 1 amide bonds. The lowest BCUT2D eigenvalue weighted by Crippen LogP contribution is -2.31. The molecule has 4 nitrogen and oxygen atoms in total. The summed E-state index contributed by atoms with van der Waals surface area (Å²) in [6.07, 6.45) is 0.839. The van der Waals surface area contributed by atoms with E-state index in [0.29, 0.717) is 23.4 Å². The van der Waals surface area contributed by atoms with E-state index in [2.05, 4.69) is 15.9 Å². The monoisotopic (exact) mass is 303 g/mol. The molecule has 0 aliphatic carbocycles. The Kier molecular flexibility index (Phi) is 3.96. The smallest absolute Gasteiger partial charge is 0.283 e. The number of hydrogen-bond acceptors (Lipinski definition) is 3. The molecule has 1 fully saturated rings. The van der Waals surface area contributed by atoms with Crippen LogP contribution in [0.25, 0.3) is 0 Å². The van der Waals surface area contributed by atoms with Gasteiger partial charge in [0.2, 0.25) is 0 Å². The molecular formula is C11H11BrFNO3. The predicted molar refractivity (Wildman–Crippen MR) is 61.9 cm³/mol. The molecule has 1 aromatic carbocycles. The fraction of sp³-hybridized carbons (Fsp3) is 0.364. The van der Waals surface area contributed by atoms with Gasteiger partial charge in [-0.1, -0.05) is 0 Å². The highest BCUT2D eigenvalue weighted by molar-refractivity contribution is 9.10. The Labute approximate surface area is 106 Å². The van der Waals surface area contributed by atoms with Gasteiger partial charge in [0, 0.05) is 0 Å². The summed E-state index contributed by atoms with van der Waals surface area (Å²) in [5.74, 6) is -0.170. The number of ether oxygens (including phenoxy) is 1. The topological polar surface area (TPSA) is 38.8 Å². The standard InChI is InChI=1S/C11H11BrFNO3/c12-9-6-8(13)2-3-10(9)16-7-11(15)14-4-1-5-17-14/h2-3,6H,1,4-5,7H2. The van der Waals surface area contributed by atoms with E-state index >= 15 is 0 Å². The number of benzene rings is 1. The number of nitrogens with zero attached hydrogens (tertiary/aromatic N) is 1. The van der Waals surface area contributed by atoms with Gasteiger partial charge >= 0.3 is 0 Å². The molecule has 17 heavy (non-hydrogen) atoms. The molecule has 6 heteroatoms. The lowest BCUT2D eigenvalue weighted by Gasteiger charge is -2.14. The average molecular weight is 304 g/mol. The second-order valence-corrected chi connectivity index (χ2v) is 4.40. The zero-order valence-electron chi connectivity index (χ0n) is 8.99. The van der Waals surface area contributed by atoms with Crippen LogP contribution in [-0.4, -0.2) is 30.7 Å². The van der Waals surface area contributed by atoms with Crippen LogP contribution in [0.5, 0.6) is 5.75 Å². The Balaban J connectivity index is 1.90. The van der Waals surface area contributed by atoms with E-state index in [-0.39, 0.29) is 18.3 Å². The minimum Gasteiger partial charge on any atom is -0.482 e. The van der Waals surface area contributed by atoms with Gasteiger partial charge in [0.25, 0.3) is 5.91 Å². The third-order valence-electron chi connectivity index (χ3n) is 2.28. The van der Waals surface area contributed by atoms with E-state index in [9.17, 15) is 9.18 Å². The van der Waals surface area contributed by atoms with Crippen molar-refractivity contribution in [3.8, 4) is 5.75 Å². The molecule has 1 aliphatic rings. The number of hydrogen-bond donors (Lipinski definition) is 0. The van der Waals surface area contributed by atoms with Crippen molar-refractivity contribution >= 4 is 21.8 Å². The first-order valence-corrected chi connectivity index (χ1v) is 5.97. The molecule has 0 bridgehead atoms. The predicted octanol–water partition coefficient (Wildman–Crippen LogP) is 2.13. The molecule has 1 aromatic rings. The Morgan fingerprint density at radius 2 is 2.41 bits per heavy atom. The van der Waals surface area contributed by atoms with E-state index in [1.165, 1.54) is 23.3 Å². The van der Waals surface area contributed by atoms with E-state index in [4.69, 9.17) is 9.57 Å². The molecule has 0 atom stereocenters. The highest BCUT2D eigenvalue weighted by Gasteiger charge is 2.19. The largest absolute Gasteiger partial charge is 0.482 e. The number of carbonyl (C=O) groups excluding carboxylic acids is 1. The second-order valence-electron chi connectivity index (χ2n) is 3.55. The molecular weight excluding hydrogens is 293 g/mol.